The van der Waals surface area contributed by atoms with Gasteiger partial charge in [-0.25, -0.2) is 9.67 Å². The number of carbonyl (C=O) groups is 1. The summed E-state index contributed by atoms with van der Waals surface area (Å²) in [5.74, 6) is 0.0871. The molecule has 5 nitrogen and oxygen atoms in total. The lowest BCUT2D eigenvalue weighted by molar-refractivity contribution is -0.117. The van der Waals surface area contributed by atoms with E-state index in [1.54, 1.807) is 15.9 Å². The standard InChI is InChI=1S/C13H13ClN4O/c14-11-5-13(19)18(7-11)12-3-1-10(2-4-12)6-17-9-15-8-16-17/h1-4,8-9,11H,5-7H2. The fraction of sp³-hybridized carbons (Fsp3) is 0.308. The molecule has 3 rings (SSSR count). The lowest BCUT2D eigenvalue weighted by atomic mass is 10.2. The molecule has 1 atom stereocenters. The lowest BCUT2D eigenvalue weighted by Crippen LogP contribution is -2.24. The van der Waals surface area contributed by atoms with Gasteiger partial charge in [-0.15, -0.1) is 11.6 Å². The number of halogens is 1. The number of alkyl halides is 1. The molecule has 1 saturated heterocycles. The Kier molecular flexibility index (Phi) is 3.21. The Morgan fingerprint density at radius 3 is 2.68 bits per heavy atom. The van der Waals surface area contributed by atoms with Crippen molar-refractivity contribution in [1.29, 1.82) is 0 Å². The van der Waals surface area contributed by atoms with E-state index in [1.807, 2.05) is 24.3 Å². The molecule has 2 heterocycles. The van der Waals surface area contributed by atoms with Gasteiger partial charge in [-0.3, -0.25) is 4.79 Å². The van der Waals surface area contributed by atoms with Crippen LogP contribution < -0.4 is 4.90 Å². The number of anilines is 1. The smallest absolute Gasteiger partial charge is 0.228 e. The monoisotopic (exact) mass is 276 g/mol. The van der Waals surface area contributed by atoms with Crippen LogP contribution in [0.15, 0.2) is 36.9 Å². The summed E-state index contributed by atoms with van der Waals surface area (Å²) in [6.07, 6.45) is 3.61. The van der Waals surface area contributed by atoms with E-state index in [-0.39, 0.29) is 11.3 Å². The fourth-order valence-corrected chi connectivity index (χ4v) is 2.47. The summed E-state index contributed by atoms with van der Waals surface area (Å²) in [6.45, 7) is 1.26. The van der Waals surface area contributed by atoms with E-state index < -0.39 is 0 Å². The predicted octanol–water partition coefficient (Wildman–Crippen LogP) is 1.67. The maximum absolute atomic E-state index is 11.7. The molecule has 0 saturated carbocycles. The molecule has 0 radical (unpaired) electrons. The van der Waals surface area contributed by atoms with Crippen molar-refractivity contribution < 1.29 is 4.79 Å². The first kappa shape index (κ1) is 12.2. The van der Waals surface area contributed by atoms with Gasteiger partial charge in [0.15, 0.2) is 0 Å². The molecule has 1 aliphatic rings. The topological polar surface area (TPSA) is 51.0 Å². The van der Waals surface area contributed by atoms with Gasteiger partial charge >= 0.3 is 0 Å². The van der Waals surface area contributed by atoms with Gasteiger partial charge in [-0.2, -0.15) is 5.10 Å². The zero-order chi connectivity index (χ0) is 13.2. The minimum atomic E-state index is -0.0812. The van der Waals surface area contributed by atoms with Crippen molar-refractivity contribution in [2.24, 2.45) is 0 Å². The number of nitrogens with zero attached hydrogens (tertiary/aromatic N) is 4. The largest absolute Gasteiger partial charge is 0.311 e. The molecule has 1 amide bonds. The average Bonchev–Trinajstić information content (AvgIpc) is 3.00. The maximum atomic E-state index is 11.7. The van der Waals surface area contributed by atoms with Gasteiger partial charge in [0, 0.05) is 18.7 Å². The molecule has 2 aromatic rings. The Balaban J connectivity index is 1.74. The average molecular weight is 277 g/mol. The van der Waals surface area contributed by atoms with Gasteiger partial charge < -0.3 is 4.90 Å². The molecule has 6 heteroatoms. The first-order valence-corrected chi connectivity index (χ1v) is 6.52. The van der Waals surface area contributed by atoms with Crippen LogP contribution in [0.3, 0.4) is 0 Å². The van der Waals surface area contributed by atoms with Crippen molar-refractivity contribution in [2.75, 3.05) is 11.4 Å². The van der Waals surface area contributed by atoms with Gasteiger partial charge in [0.25, 0.3) is 0 Å². The van der Waals surface area contributed by atoms with Gasteiger partial charge in [0.05, 0.1) is 11.9 Å². The number of amides is 1. The first-order chi connectivity index (χ1) is 9.22. The van der Waals surface area contributed by atoms with E-state index in [1.165, 1.54) is 6.33 Å². The summed E-state index contributed by atoms with van der Waals surface area (Å²) < 4.78 is 1.75. The quantitative estimate of drug-likeness (QED) is 0.802. The Bertz CT molecular complexity index is 567. The van der Waals surface area contributed by atoms with Crippen LogP contribution in [0.5, 0.6) is 0 Å². The summed E-state index contributed by atoms with van der Waals surface area (Å²) >= 11 is 6.00. The van der Waals surface area contributed by atoms with E-state index in [4.69, 9.17) is 11.6 Å². The van der Waals surface area contributed by atoms with Gasteiger partial charge in [-0.05, 0) is 17.7 Å². The predicted molar refractivity (Wildman–Crippen MR) is 72.2 cm³/mol. The summed E-state index contributed by atoms with van der Waals surface area (Å²) in [5.41, 5.74) is 2.01. The number of hydrogen-bond acceptors (Lipinski definition) is 3. The van der Waals surface area contributed by atoms with Crippen molar-refractivity contribution in [3.05, 3.63) is 42.5 Å². The van der Waals surface area contributed by atoms with Crippen LogP contribution in [0, 0.1) is 0 Å². The summed E-state index contributed by atoms with van der Waals surface area (Å²) in [7, 11) is 0. The molecule has 1 fully saturated rings. The molecule has 1 aliphatic heterocycles. The van der Waals surface area contributed by atoms with Crippen LogP contribution in [-0.4, -0.2) is 32.6 Å². The summed E-state index contributed by atoms with van der Waals surface area (Å²) in [6, 6.07) is 7.87. The minimum Gasteiger partial charge on any atom is -0.311 e. The highest BCUT2D eigenvalue weighted by atomic mass is 35.5. The molecule has 1 aromatic heterocycles. The van der Waals surface area contributed by atoms with Gasteiger partial charge in [-0.1, -0.05) is 12.1 Å². The van der Waals surface area contributed by atoms with Crippen molar-refractivity contribution in [2.45, 2.75) is 18.3 Å². The Labute approximate surface area is 115 Å². The van der Waals surface area contributed by atoms with Crippen LogP contribution >= 0.6 is 11.6 Å². The van der Waals surface area contributed by atoms with Crippen molar-refractivity contribution in [3.63, 3.8) is 0 Å². The Hall–Kier alpha value is -1.88. The van der Waals surface area contributed by atoms with Crippen LogP contribution in [0.4, 0.5) is 5.69 Å². The molecule has 1 aromatic carbocycles. The Morgan fingerprint density at radius 1 is 1.32 bits per heavy atom. The second-order valence-electron chi connectivity index (χ2n) is 4.57. The van der Waals surface area contributed by atoms with E-state index in [9.17, 15) is 4.79 Å². The van der Waals surface area contributed by atoms with Crippen molar-refractivity contribution in [1.82, 2.24) is 14.8 Å². The molecular weight excluding hydrogens is 264 g/mol. The third-order valence-corrected chi connectivity index (χ3v) is 3.43. The number of rotatable bonds is 3. The second kappa shape index (κ2) is 5.01. The van der Waals surface area contributed by atoms with Crippen molar-refractivity contribution in [3.8, 4) is 0 Å². The van der Waals surface area contributed by atoms with E-state index >= 15 is 0 Å². The molecule has 1 unspecified atom stereocenters. The zero-order valence-corrected chi connectivity index (χ0v) is 11.0. The van der Waals surface area contributed by atoms with E-state index in [0.29, 0.717) is 19.5 Å². The third-order valence-electron chi connectivity index (χ3n) is 3.14. The highest BCUT2D eigenvalue weighted by Gasteiger charge is 2.28. The molecule has 19 heavy (non-hydrogen) atoms. The lowest BCUT2D eigenvalue weighted by Gasteiger charge is -2.16. The molecule has 98 valence electrons. The number of benzene rings is 1. The normalized spacial score (nSPS) is 19.1. The van der Waals surface area contributed by atoms with E-state index in [2.05, 4.69) is 10.1 Å². The van der Waals surface area contributed by atoms with Crippen LogP contribution in [0.2, 0.25) is 0 Å². The van der Waals surface area contributed by atoms with Gasteiger partial charge in [0.1, 0.15) is 12.7 Å². The minimum absolute atomic E-state index is 0.0812. The number of hydrogen-bond donors (Lipinski definition) is 0. The first-order valence-electron chi connectivity index (χ1n) is 6.08. The van der Waals surface area contributed by atoms with Crippen LogP contribution in [-0.2, 0) is 11.3 Å². The Morgan fingerprint density at radius 2 is 2.11 bits per heavy atom. The van der Waals surface area contributed by atoms with E-state index in [0.717, 1.165) is 11.3 Å². The van der Waals surface area contributed by atoms with Crippen LogP contribution in [0.25, 0.3) is 0 Å². The highest BCUT2D eigenvalue weighted by Crippen LogP contribution is 2.24. The molecule has 0 N–H and O–H groups in total. The summed E-state index contributed by atoms with van der Waals surface area (Å²) in [4.78, 5) is 17.4. The summed E-state index contributed by atoms with van der Waals surface area (Å²) in [5, 5.41) is 3.98. The zero-order valence-electron chi connectivity index (χ0n) is 10.2. The van der Waals surface area contributed by atoms with Crippen LogP contribution in [0.1, 0.15) is 12.0 Å². The SMILES string of the molecule is O=C1CC(Cl)CN1c1ccc(Cn2cncn2)cc1. The molecular formula is C13H13ClN4O. The number of carbonyl (C=O) groups excluding carboxylic acids is 1. The molecule has 0 aliphatic carbocycles. The third kappa shape index (κ3) is 2.61. The van der Waals surface area contributed by atoms with Crippen molar-refractivity contribution >= 4 is 23.2 Å². The molecule has 0 bridgehead atoms. The maximum Gasteiger partial charge on any atom is 0.228 e. The second-order valence-corrected chi connectivity index (χ2v) is 5.18. The molecule has 0 spiro atoms. The van der Waals surface area contributed by atoms with Gasteiger partial charge in [0.2, 0.25) is 5.91 Å². The number of aromatic nitrogens is 3. The fourth-order valence-electron chi connectivity index (χ4n) is 2.20. The highest BCUT2D eigenvalue weighted by molar-refractivity contribution is 6.24.